The fourth-order valence-corrected chi connectivity index (χ4v) is 1.63. The van der Waals surface area contributed by atoms with Crippen LogP contribution < -0.4 is 0 Å². The van der Waals surface area contributed by atoms with E-state index in [2.05, 4.69) is 9.72 Å². The molecule has 0 aromatic carbocycles. The zero-order chi connectivity index (χ0) is 17.5. The predicted molar refractivity (Wildman–Crippen MR) is 73.5 cm³/mol. The van der Waals surface area contributed by atoms with Crippen LogP contribution in [0.1, 0.15) is 23.7 Å². The lowest BCUT2D eigenvalue weighted by molar-refractivity contribution is -0.197. The van der Waals surface area contributed by atoms with Crippen LogP contribution >= 0.6 is 0 Å². The number of carbonyl (C=O) groups excluding carboxylic acids is 3. The molecule has 0 saturated heterocycles. The van der Waals surface area contributed by atoms with E-state index in [4.69, 9.17) is 0 Å². The zero-order valence-electron chi connectivity index (χ0n) is 12.2. The Labute approximate surface area is 130 Å². The smallest absolute Gasteiger partial charge is 0.409 e. The molecule has 1 atom stereocenters. The summed E-state index contributed by atoms with van der Waals surface area (Å²) in [5.74, 6) is -6.18. The molecule has 5 nitrogen and oxygen atoms in total. The van der Waals surface area contributed by atoms with Gasteiger partial charge in [0.2, 0.25) is 5.92 Å². The van der Waals surface area contributed by atoms with Gasteiger partial charge in [-0.3, -0.25) is 19.4 Å². The maximum Gasteiger partial charge on any atom is 0.409 e. The van der Waals surface area contributed by atoms with Gasteiger partial charge in [0, 0.05) is 24.4 Å². The third-order valence-corrected chi connectivity index (χ3v) is 2.77. The van der Waals surface area contributed by atoms with Crippen molar-refractivity contribution in [3.05, 3.63) is 42.2 Å². The second-order valence-electron chi connectivity index (χ2n) is 4.43. The summed E-state index contributed by atoms with van der Waals surface area (Å²) in [5.41, 5.74) is 0.282. The van der Waals surface area contributed by atoms with E-state index in [9.17, 15) is 27.6 Å². The molecule has 0 aliphatic heterocycles. The van der Waals surface area contributed by atoms with Crippen LogP contribution in [-0.4, -0.2) is 35.3 Å². The van der Waals surface area contributed by atoms with E-state index in [-0.39, 0.29) is 5.56 Å². The average molecular weight is 329 g/mol. The Bertz CT molecular complexity index is 596. The van der Waals surface area contributed by atoms with Crippen LogP contribution in [0.4, 0.5) is 13.2 Å². The van der Waals surface area contributed by atoms with E-state index in [1.807, 2.05) is 0 Å². The summed E-state index contributed by atoms with van der Waals surface area (Å²) in [6.07, 6.45) is -0.498. The first-order chi connectivity index (χ1) is 10.8. The van der Waals surface area contributed by atoms with Crippen molar-refractivity contribution in [3.8, 4) is 0 Å². The monoisotopic (exact) mass is 329 g/mol. The van der Waals surface area contributed by atoms with E-state index in [1.165, 1.54) is 25.4 Å². The van der Waals surface area contributed by atoms with Gasteiger partial charge in [0.25, 0.3) is 0 Å². The van der Waals surface area contributed by atoms with Crippen LogP contribution in [0.5, 0.6) is 0 Å². The average Bonchev–Trinajstić information content (AvgIpc) is 2.50. The molecular weight excluding hydrogens is 315 g/mol. The van der Waals surface area contributed by atoms with Crippen LogP contribution in [0.2, 0.25) is 0 Å². The summed E-state index contributed by atoms with van der Waals surface area (Å²) in [5, 5.41) is 0. The van der Waals surface area contributed by atoms with Crippen molar-refractivity contribution >= 4 is 17.5 Å². The maximum absolute atomic E-state index is 12.7. The minimum atomic E-state index is -5.00. The first-order valence-electron chi connectivity index (χ1n) is 6.64. The summed E-state index contributed by atoms with van der Waals surface area (Å²) < 4.78 is 42.4. The molecule has 1 unspecified atom stereocenters. The number of rotatable bonds is 7. The van der Waals surface area contributed by atoms with Gasteiger partial charge in [-0.1, -0.05) is 6.92 Å². The van der Waals surface area contributed by atoms with Gasteiger partial charge in [0.05, 0.1) is 0 Å². The molecule has 0 aliphatic carbocycles. The van der Waals surface area contributed by atoms with Crippen LogP contribution in [0, 0.1) is 5.92 Å². The summed E-state index contributed by atoms with van der Waals surface area (Å²) >= 11 is 0. The van der Waals surface area contributed by atoms with Crippen LogP contribution in [0.3, 0.4) is 0 Å². The van der Waals surface area contributed by atoms with Crippen LogP contribution in [-0.2, 0) is 14.3 Å². The molecule has 0 fully saturated rings. The van der Waals surface area contributed by atoms with Crippen LogP contribution in [0.25, 0.3) is 0 Å². The van der Waals surface area contributed by atoms with Crippen molar-refractivity contribution in [1.82, 2.24) is 4.98 Å². The molecule has 23 heavy (non-hydrogen) atoms. The van der Waals surface area contributed by atoms with Crippen molar-refractivity contribution in [2.24, 2.45) is 5.92 Å². The molecule has 1 heterocycles. The third kappa shape index (κ3) is 5.65. The lowest BCUT2D eigenvalue weighted by atomic mass is 10.0. The molecule has 0 radical (unpaired) electrons. The van der Waals surface area contributed by atoms with E-state index < -0.39 is 42.7 Å². The Morgan fingerprint density at radius 2 is 2.04 bits per heavy atom. The third-order valence-electron chi connectivity index (χ3n) is 2.77. The summed E-state index contributed by atoms with van der Waals surface area (Å²) in [6, 6.07) is 3.05. The van der Waals surface area contributed by atoms with Gasteiger partial charge in [-0.05, 0) is 24.3 Å². The number of Topliss-reactive ketones (excluding diaryl/α,β-unsaturated/α-hetero) is 1. The number of aromatic nitrogens is 1. The highest BCUT2D eigenvalue weighted by atomic mass is 19.4. The standard InChI is InChI=1S/C15H14F3NO4/c1-2-11(20)13(15(16,17)18)14(22)23-8-4-6-12(21)10-5-3-7-19-9-10/h3-7,9,13H,2,8H2,1H3. The van der Waals surface area contributed by atoms with Gasteiger partial charge < -0.3 is 4.74 Å². The van der Waals surface area contributed by atoms with Gasteiger partial charge in [-0.2, -0.15) is 13.2 Å². The van der Waals surface area contributed by atoms with Crippen molar-refractivity contribution in [1.29, 1.82) is 0 Å². The van der Waals surface area contributed by atoms with Crippen LogP contribution in [0.15, 0.2) is 36.7 Å². The number of carbonyl (C=O) groups is 3. The largest absolute Gasteiger partial charge is 0.461 e. The molecule has 0 bridgehead atoms. The maximum atomic E-state index is 12.7. The number of nitrogens with zero attached hydrogens (tertiary/aromatic N) is 1. The fourth-order valence-electron chi connectivity index (χ4n) is 1.63. The first kappa shape index (κ1) is 18.5. The summed E-state index contributed by atoms with van der Waals surface area (Å²) in [4.78, 5) is 38.0. The van der Waals surface area contributed by atoms with E-state index >= 15 is 0 Å². The summed E-state index contributed by atoms with van der Waals surface area (Å²) in [6.45, 7) is 0.676. The van der Waals surface area contributed by atoms with Gasteiger partial charge in [-0.25, -0.2) is 0 Å². The Kier molecular flexibility index (Phi) is 6.62. The van der Waals surface area contributed by atoms with Crippen molar-refractivity contribution in [2.45, 2.75) is 19.5 Å². The molecule has 1 aromatic rings. The Morgan fingerprint density at radius 1 is 1.35 bits per heavy atom. The highest BCUT2D eigenvalue weighted by Gasteiger charge is 2.50. The highest BCUT2D eigenvalue weighted by molar-refractivity contribution is 6.04. The molecule has 8 heteroatoms. The van der Waals surface area contributed by atoms with Crippen molar-refractivity contribution in [3.63, 3.8) is 0 Å². The van der Waals surface area contributed by atoms with E-state index in [0.29, 0.717) is 0 Å². The number of pyridine rings is 1. The molecular formula is C15H14F3NO4. The molecule has 1 aromatic heterocycles. The minimum absolute atomic E-state index is 0.282. The number of ketones is 2. The number of halogens is 3. The first-order valence-corrected chi connectivity index (χ1v) is 6.64. The lowest BCUT2D eigenvalue weighted by Gasteiger charge is -2.16. The SMILES string of the molecule is CCC(=O)C(C(=O)OCC=CC(=O)c1cccnc1)C(F)(F)F. The normalized spacial score (nSPS) is 12.9. The molecule has 124 valence electrons. The van der Waals surface area contributed by atoms with E-state index in [0.717, 1.165) is 12.2 Å². The minimum Gasteiger partial charge on any atom is -0.461 e. The van der Waals surface area contributed by atoms with Gasteiger partial charge in [-0.15, -0.1) is 0 Å². The van der Waals surface area contributed by atoms with Crippen molar-refractivity contribution in [2.75, 3.05) is 6.61 Å². The second-order valence-corrected chi connectivity index (χ2v) is 4.43. The zero-order valence-corrected chi connectivity index (χ0v) is 12.2. The Balaban J connectivity index is 2.60. The van der Waals surface area contributed by atoms with Gasteiger partial charge in [0.1, 0.15) is 6.61 Å². The fraction of sp³-hybridized carbons (Fsp3) is 0.333. The number of ether oxygens (including phenoxy) is 1. The summed E-state index contributed by atoms with van der Waals surface area (Å²) in [7, 11) is 0. The second kappa shape index (κ2) is 8.21. The molecule has 0 aliphatic rings. The molecule has 0 saturated carbocycles. The Hall–Kier alpha value is -2.51. The number of allylic oxidation sites excluding steroid dienone is 1. The number of hydrogen-bond donors (Lipinski definition) is 0. The number of esters is 1. The highest BCUT2D eigenvalue weighted by Crippen LogP contribution is 2.28. The molecule has 0 amide bonds. The number of hydrogen-bond acceptors (Lipinski definition) is 5. The van der Waals surface area contributed by atoms with E-state index in [1.54, 1.807) is 6.07 Å². The Morgan fingerprint density at radius 3 is 2.57 bits per heavy atom. The van der Waals surface area contributed by atoms with Gasteiger partial charge in [0.15, 0.2) is 11.6 Å². The number of alkyl halides is 3. The lowest BCUT2D eigenvalue weighted by Crippen LogP contribution is -2.38. The van der Waals surface area contributed by atoms with Crippen molar-refractivity contribution < 1.29 is 32.3 Å². The molecule has 0 spiro atoms. The quantitative estimate of drug-likeness (QED) is 0.333. The predicted octanol–water partition coefficient (Wildman–Crippen LogP) is 2.52. The molecule has 1 rings (SSSR count). The topological polar surface area (TPSA) is 73.3 Å². The van der Waals surface area contributed by atoms with Gasteiger partial charge >= 0.3 is 12.1 Å². The molecule has 0 N–H and O–H groups in total.